The third-order valence-electron chi connectivity index (χ3n) is 3.50. The summed E-state index contributed by atoms with van der Waals surface area (Å²) in [5.41, 5.74) is 0. The summed E-state index contributed by atoms with van der Waals surface area (Å²) >= 11 is 0. The van der Waals surface area contributed by atoms with Crippen molar-refractivity contribution in [1.29, 1.82) is 0 Å². The van der Waals surface area contributed by atoms with E-state index in [4.69, 9.17) is 0 Å². The van der Waals surface area contributed by atoms with E-state index in [1.165, 1.54) is 4.90 Å². The van der Waals surface area contributed by atoms with Crippen molar-refractivity contribution in [2.45, 2.75) is 51.6 Å². The van der Waals surface area contributed by atoms with Gasteiger partial charge in [-0.15, -0.1) is 0 Å². The van der Waals surface area contributed by atoms with Crippen LogP contribution >= 0.6 is 0 Å². The van der Waals surface area contributed by atoms with E-state index >= 15 is 0 Å². The second-order valence-corrected chi connectivity index (χ2v) is 5.08. The molecule has 0 aromatic carbocycles. The van der Waals surface area contributed by atoms with Gasteiger partial charge in [-0.25, -0.2) is 0 Å². The summed E-state index contributed by atoms with van der Waals surface area (Å²) in [6, 6.07) is 0.190. The molecule has 0 spiro atoms. The van der Waals surface area contributed by atoms with Crippen LogP contribution in [0.1, 0.15) is 39.5 Å². The second kappa shape index (κ2) is 4.53. The molecule has 0 aromatic heterocycles. The number of rotatable bonds is 4. The molecule has 2 amide bonds. The van der Waals surface area contributed by atoms with Crippen LogP contribution in [-0.2, 0) is 9.59 Å². The summed E-state index contributed by atoms with van der Waals surface area (Å²) in [5.74, 6) is 0.722. The second-order valence-electron chi connectivity index (χ2n) is 5.08. The molecule has 0 aromatic rings. The van der Waals surface area contributed by atoms with Gasteiger partial charge in [0, 0.05) is 12.6 Å². The molecule has 0 bridgehead atoms. The van der Waals surface area contributed by atoms with Crippen LogP contribution in [0.15, 0.2) is 0 Å². The topological polar surface area (TPSA) is 49.4 Å². The molecule has 90 valence electrons. The average molecular weight is 224 g/mol. The quantitative estimate of drug-likeness (QED) is 0.722. The maximum atomic E-state index is 11.9. The minimum Gasteiger partial charge on any atom is -0.303 e. The van der Waals surface area contributed by atoms with E-state index in [9.17, 15) is 9.59 Å². The Balaban J connectivity index is 1.87. The highest BCUT2D eigenvalue weighted by Crippen LogP contribution is 2.28. The summed E-state index contributed by atoms with van der Waals surface area (Å²) in [6.45, 7) is 4.76. The Hall–Kier alpha value is -0.900. The minimum absolute atomic E-state index is 0.0169. The molecule has 1 N–H and O–H groups in total. The Morgan fingerprint density at radius 1 is 1.38 bits per heavy atom. The molecule has 1 saturated heterocycles. The van der Waals surface area contributed by atoms with Gasteiger partial charge in [0.25, 0.3) is 0 Å². The van der Waals surface area contributed by atoms with E-state index in [0.29, 0.717) is 19.0 Å². The highest BCUT2D eigenvalue weighted by molar-refractivity contribution is 6.05. The number of amides is 2. The Bertz CT molecular complexity index is 297. The number of likely N-dealkylation sites (tertiary alicyclic amines) is 1. The van der Waals surface area contributed by atoms with Gasteiger partial charge in [-0.3, -0.25) is 14.5 Å². The number of imide groups is 1. The average Bonchev–Trinajstić information content (AvgIpc) is 2.44. The number of hydrogen-bond donors (Lipinski definition) is 1. The molecule has 1 aliphatic carbocycles. The third-order valence-corrected chi connectivity index (χ3v) is 3.50. The largest absolute Gasteiger partial charge is 0.303 e. The lowest BCUT2D eigenvalue weighted by molar-refractivity contribution is -0.138. The van der Waals surface area contributed by atoms with Crippen LogP contribution in [0.5, 0.6) is 0 Å². The summed E-state index contributed by atoms with van der Waals surface area (Å²) in [4.78, 5) is 24.9. The molecule has 4 heteroatoms. The highest BCUT2D eigenvalue weighted by Gasteiger charge is 2.40. The normalized spacial score (nSPS) is 34.4. The van der Waals surface area contributed by atoms with Crippen molar-refractivity contribution >= 4 is 11.8 Å². The number of carbonyl (C=O) groups is 2. The van der Waals surface area contributed by atoms with E-state index in [1.807, 2.05) is 6.92 Å². The molecule has 1 unspecified atom stereocenters. The number of nitrogens with zero attached hydrogens (tertiary/aromatic N) is 1. The first-order valence-corrected chi connectivity index (χ1v) is 6.22. The first-order valence-electron chi connectivity index (χ1n) is 6.22. The lowest BCUT2D eigenvalue weighted by Gasteiger charge is -2.35. The highest BCUT2D eigenvalue weighted by atomic mass is 16.2. The molecular formula is C12H20N2O2. The fourth-order valence-corrected chi connectivity index (χ4v) is 2.59. The van der Waals surface area contributed by atoms with Crippen molar-refractivity contribution in [3.63, 3.8) is 0 Å². The van der Waals surface area contributed by atoms with Crippen molar-refractivity contribution < 1.29 is 9.59 Å². The van der Waals surface area contributed by atoms with Crippen LogP contribution in [0, 0.1) is 5.92 Å². The smallest absolute Gasteiger partial charge is 0.246 e. The summed E-state index contributed by atoms with van der Waals surface area (Å²) in [5, 5.41) is 3.30. The lowest BCUT2D eigenvalue weighted by atomic mass is 9.81. The van der Waals surface area contributed by atoms with Crippen molar-refractivity contribution in [3.8, 4) is 0 Å². The summed E-state index contributed by atoms with van der Waals surface area (Å²) < 4.78 is 0. The Morgan fingerprint density at radius 2 is 2.06 bits per heavy atom. The van der Waals surface area contributed by atoms with Crippen LogP contribution in [-0.4, -0.2) is 35.3 Å². The third kappa shape index (κ3) is 2.12. The van der Waals surface area contributed by atoms with Gasteiger partial charge in [0.1, 0.15) is 0 Å². The van der Waals surface area contributed by atoms with E-state index in [1.54, 1.807) is 0 Å². The van der Waals surface area contributed by atoms with Gasteiger partial charge in [0.2, 0.25) is 11.8 Å². The fourth-order valence-electron chi connectivity index (χ4n) is 2.59. The molecule has 1 heterocycles. The van der Waals surface area contributed by atoms with Crippen molar-refractivity contribution in [1.82, 2.24) is 10.2 Å². The molecular weight excluding hydrogens is 204 g/mol. The Morgan fingerprint density at radius 3 is 2.62 bits per heavy atom. The van der Waals surface area contributed by atoms with E-state index in [2.05, 4.69) is 12.2 Å². The number of carbonyl (C=O) groups excluding carboxylic acids is 2. The predicted octanol–water partition coefficient (Wildman–Crippen LogP) is 0.912. The predicted molar refractivity (Wildman–Crippen MR) is 60.7 cm³/mol. The molecule has 1 atom stereocenters. The first kappa shape index (κ1) is 11.6. The molecule has 1 aliphatic heterocycles. The maximum Gasteiger partial charge on any atom is 0.246 e. The molecule has 4 nitrogen and oxygen atoms in total. The van der Waals surface area contributed by atoms with Crippen molar-refractivity contribution in [2.75, 3.05) is 6.54 Å². The van der Waals surface area contributed by atoms with Crippen molar-refractivity contribution in [3.05, 3.63) is 0 Å². The van der Waals surface area contributed by atoms with E-state index in [0.717, 1.165) is 25.2 Å². The van der Waals surface area contributed by atoms with Gasteiger partial charge in [0.05, 0.1) is 12.5 Å². The molecule has 2 rings (SSSR count). The zero-order chi connectivity index (χ0) is 11.7. The van der Waals surface area contributed by atoms with Crippen molar-refractivity contribution in [2.24, 2.45) is 5.92 Å². The van der Waals surface area contributed by atoms with Gasteiger partial charge >= 0.3 is 0 Å². The Labute approximate surface area is 96.4 Å². The van der Waals surface area contributed by atoms with Gasteiger partial charge in [-0.2, -0.15) is 0 Å². The van der Waals surface area contributed by atoms with Crippen LogP contribution in [0.2, 0.25) is 0 Å². The van der Waals surface area contributed by atoms with Gasteiger partial charge in [-0.05, 0) is 25.2 Å². The zero-order valence-electron chi connectivity index (χ0n) is 10.0. The van der Waals surface area contributed by atoms with Crippen LogP contribution in [0.25, 0.3) is 0 Å². The summed E-state index contributed by atoms with van der Waals surface area (Å²) in [7, 11) is 0. The van der Waals surface area contributed by atoms with Gasteiger partial charge in [0.15, 0.2) is 0 Å². The lowest BCUT2D eigenvalue weighted by Crippen LogP contribution is -2.48. The SMILES string of the molecule is CCCN1C(=O)CC(NC2CC(C)C2)C1=O. The number of nitrogens with one attached hydrogen (secondary N) is 1. The first-order chi connectivity index (χ1) is 7.61. The maximum absolute atomic E-state index is 11.9. The summed E-state index contributed by atoms with van der Waals surface area (Å²) in [6.07, 6.45) is 3.45. The Kier molecular flexibility index (Phi) is 3.28. The molecule has 1 saturated carbocycles. The minimum atomic E-state index is -0.253. The molecule has 2 aliphatic rings. The fraction of sp³-hybridized carbons (Fsp3) is 0.833. The molecule has 0 radical (unpaired) electrons. The van der Waals surface area contributed by atoms with Crippen LogP contribution in [0.3, 0.4) is 0 Å². The van der Waals surface area contributed by atoms with Crippen LogP contribution < -0.4 is 5.32 Å². The standard InChI is InChI=1S/C12H20N2O2/c1-3-4-14-11(15)7-10(12(14)16)13-9-5-8(2)6-9/h8-10,13H,3-7H2,1-2H3. The molecule has 2 fully saturated rings. The van der Waals surface area contributed by atoms with Crippen LogP contribution in [0.4, 0.5) is 0 Å². The molecule has 16 heavy (non-hydrogen) atoms. The van der Waals surface area contributed by atoms with E-state index < -0.39 is 0 Å². The van der Waals surface area contributed by atoms with Gasteiger partial charge in [-0.1, -0.05) is 13.8 Å². The van der Waals surface area contributed by atoms with E-state index in [-0.39, 0.29) is 17.9 Å². The monoisotopic (exact) mass is 224 g/mol. The van der Waals surface area contributed by atoms with Gasteiger partial charge < -0.3 is 5.32 Å². The zero-order valence-corrected chi connectivity index (χ0v) is 10.0. The number of hydrogen-bond acceptors (Lipinski definition) is 3.